The molecule has 71 heavy (non-hydrogen) atoms. The van der Waals surface area contributed by atoms with Gasteiger partial charge in [0.1, 0.15) is 18.1 Å². The van der Waals surface area contributed by atoms with Crippen LogP contribution in [0.5, 0.6) is 17.4 Å². The fraction of sp³-hybridized carbons (Fsp3) is 0.354. The SMILES string of the molecule is C.C.C.CC(C)c1ccc(Oc2ccccc2)nc1.CC(C)c1ccc2c(c1)OCCN2C.CC(C)c1cccc2c(N(C)C)cccc12.CC(C)c1cccc2cccnc12.CC(C)c1ccccc1. The third kappa shape index (κ3) is 17.9. The first-order chi connectivity index (χ1) is 32.6. The highest BCUT2D eigenvalue weighted by molar-refractivity contribution is 5.96. The molecule has 2 aromatic heterocycles. The Hall–Kier alpha value is -6.66. The molecule has 9 rings (SSSR count). The van der Waals surface area contributed by atoms with Crippen LogP contribution in [0.2, 0.25) is 0 Å². The minimum absolute atomic E-state index is 0. The first-order valence-corrected chi connectivity index (χ1v) is 24.4. The Morgan fingerprint density at radius 1 is 0.521 bits per heavy atom. The molecule has 0 fully saturated rings. The van der Waals surface area contributed by atoms with Crippen LogP contribution in [-0.4, -0.2) is 44.3 Å². The number of nitrogens with zero attached hydrogens (tertiary/aromatic N) is 4. The average molecular weight is 957 g/mol. The Balaban J connectivity index is 0.000000304. The molecule has 1 aliphatic rings. The lowest BCUT2D eigenvalue weighted by Gasteiger charge is -2.28. The summed E-state index contributed by atoms with van der Waals surface area (Å²) in [7, 11) is 6.30. The van der Waals surface area contributed by atoms with Crippen LogP contribution in [-0.2, 0) is 0 Å². The molecule has 1 aliphatic heterocycles. The summed E-state index contributed by atoms with van der Waals surface area (Å²) >= 11 is 0. The fourth-order valence-corrected chi connectivity index (χ4v) is 7.78. The molecule has 0 amide bonds. The van der Waals surface area contributed by atoms with Gasteiger partial charge in [0.2, 0.25) is 5.88 Å². The van der Waals surface area contributed by atoms with E-state index in [1.807, 2.05) is 60.9 Å². The van der Waals surface area contributed by atoms with E-state index in [4.69, 9.17) is 9.47 Å². The Morgan fingerprint density at radius 2 is 1.08 bits per heavy atom. The van der Waals surface area contributed by atoms with Crippen LogP contribution in [0.1, 0.15) is 149 Å². The monoisotopic (exact) mass is 957 g/mol. The zero-order chi connectivity index (χ0) is 49.2. The van der Waals surface area contributed by atoms with Gasteiger partial charge < -0.3 is 19.3 Å². The maximum absolute atomic E-state index is 5.64. The van der Waals surface area contributed by atoms with Gasteiger partial charge in [0.15, 0.2) is 0 Å². The highest BCUT2D eigenvalue weighted by atomic mass is 16.5. The molecule has 0 saturated heterocycles. The van der Waals surface area contributed by atoms with Crippen LogP contribution >= 0.6 is 0 Å². The van der Waals surface area contributed by atoms with Crippen LogP contribution < -0.4 is 19.3 Å². The fourth-order valence-electron chi connectivity index (χ4n) is 7.78. The van der Waals surface area contributed by atoms with Crippen LogP contribution in [0.3, 0.4) is 0 Å². The third-order valence-electron chi connectivity index (χ3n) is 11.9. The molecule has 0 bridgehead atoms. The number of rotatable bonds is 8. The molecule has 3 heterocycles. The van der Waals surface area contributed by atoms with E-state index in [1.165, 1.54) is 55.4 Å². The average Bonchev–Trinajstić information content (AvgIpc) is 3.35. The number of hydrogen-bond donors (Lipinski definition) is 0. The summed E-state index contributed by atoms with van der Waals surface area (Å²) in [4.78, 5) is 13.1. The molecule has 0 atom stereocenters. The zero-order valence-corrected chi connectivity index (χ0v) is 43.1. The van der Waals surface area contributed by atoms with E-state index in [1.54, 1.807) is 0 Å². The van der Waals surface area contributed by atoms with Gasteiger partial charge in [0, 0.05) is 56.1 Å². The lowest BCUT2D eigenvalue weighted by atomic mass is 9.95. The van der Waals surface area contributed by atoms with Crippen molar-refractivity contribution in [1.82, 2.24) is 9.97 Å². The van der Waals surface area contributed by atoms with E-state index < -0.39 is 0 Å². The normalized spacial score (nSPS) is 11.2. The predicted molar refractivity (Wildman–Crippen MR) is 313 cm³/mol. The molecule has 0 saturated carbocycles. The Morgan fingerprint density at radius 3 is 1.66 bits per heavy atom. The van der Waals surface area contributed by atoms with Crippen molar-refractivity contribution >= 4 is 33.1 Å². The second-order valence-electron chi connectivity index (χ2n) is 19.1. The number of para-hydroxylation sites is 2. The molecular weight excluding hydrogens is 869 g/mol. The molecule has 0 radical (unpaired) electrons. The van der Waals surface area contributed by atoms with Crippen molar-refractivity contribution in [3.8, 4) is 17.4 Å². The first kappa shape index (κ1) is 60.5. The topological polar surface area (TPSA) is 50.7 Å². The van der Waals surface area contributed by atoms with Crippen LogP contribution in [0.4, 0.5) is 11.4 Å². The molecular formula is C65H88N4O2. The van der Waals surface area contributed by atoms with Crippen LogP contribution in [0.25, 0.3) is 21.7 Å². The number of likely N-dealkylation sites (N-methyl/N-ethyl adjacent to an activating group) is 1. The summed E-state index contributed by atoms with van der Waals surface area (Å²) in [5, 5.41) is 3.95. The Kier molecular flexibility index (Phi) is 25.7. The number of fused-ring (bicyclic) bond motifs is 3. The molecule has 0 aliphatic carbocycles. The molecule has 380 valence electrons. The second kappa shape index (κ2) is 30.2. The minimum Gasteiger partial charge on any atom is -0.490 e. The highest BCUT2D eigenvalue weighted by Gasteiger charge is 2.15. The number of benzene rings is 6. The van der Waals surface area contributed by atoms with Gasteiger partial charge in [-0.15, -0.1) is 0 Å². The standard InChI is InChI=1S/C15H19N.C14H15NO.C12H17NO.C12H13N.C9H12.3CH4/c1-11(2)12-7-5-9-14-13(12)8-6-10-15(14)16(3)4;1-11(2)12-8-9-14(15-10-12)16-13-6-4-3-5-7-13;1-9(2)10-4-5-11-12(8-10)14-7-6-13(11)3;1-9(2)11-7-3-5-10-6-4-8-13-12(10)11;1-8(2)9-6-4-3-5-7-9;;;/h5-11H,1-4H3;3-11H,1-2H3;4-5,8-9H,6-7H2,1-3H3;3-9H,1-2H3;3-8H,1-2H3;3*1H4. The molecule has 0 N–H and O–H groups in total. The number of pyridine rings is 2. The molecule has 6 aromatic carbocycles. The van der Waals surface area contributed by atoms with E-state index >= 15 is 0 Å². The lowest BCUT2D eigenvalue weighted by Crippen LogP contribution is -2.28. The number of hydrogen-bond acceptors (Lipinski definition) is 6. The molecule has 6 nitrogen and oxygen atoms in total. The van der Waals surface area contributed by atoms with Crippen molar-refractivity contribution in [2.75, 3.05) is 44.1 Å². The Labute approximate surface area is 431 Å². The summed E-state index contributed by atoms with van der Waals surface area (Å²) in [5.41, 5.74) is 10.4. The number of ether oxygens (including phenoxy) is 2. The van der Waals surface area contributed by atoms with Gasteiger partial charge in [-0.1, -0.05) is 207 Å². The van der Waals surface area contributed by atoms with Gasteiger partial charge in [-0.05, 0) is 99.2 Å². The zero-order valence-electron chi connectivity index (χ0n) is 43.1. The maximum atomic E-state index is 5.64. The third-order valence-corrected chi connectivity index (χ3v) is 11.9. The minimum atomic E-state index is 0. The van der Waals surface area contributed by atoms with Crippen LogP contribution in [0.15, 0.2) is 170 Å². The smallest absolute Gasteiger partial charge is 0.219 e. The van der Waals surface area contributed by atoms with Gasteiger partial charge in [-0.2, -0.15) is 0 Å². The highest BCUT2D eigenvalue weighted by Crippen LogP contribution is 2.34. The van der Waals surface area contributed by atoms with E-state index in [2.05, 4.69) is 219 Å². The van der Waals surface area contributed by atoms with E-state index in [9.17, 15) is 0 Å². The van der Waals surface area contributed by atoms with Crippen molar-refractivity contribution in [3.05, 3.63) is 198 Å². The quantitative estimate of drug-likeness (QED) is 0.151. The van der Waals surface area contributed by atoms with Crippen molar-refractivity contribution in [2.24, 2.45) is 0 Å². The van der Waals surface area contributed by atoms with Gasteiger partial charge in [0.05, 0.1) is 17.7 Å². The molecule has 0 spiro atoms. The van der Waals surface area contributed by atoms with Gasteiger partial charge in [-0.25, -0.2) is 4.98 Å². The lowest BCUT2D eigenvalue weighted by molar-refractivity contribution is 0.311. The Bertz CT molecular complexity index is 2660. The first-order valence-electron chi connectivity index (χ1n) is 24.4. The van der Waals surface area contributed by atoms with Crippen molar-refractivity contribution < 1.29 is 9.47 Å². The van der Waals surface area contributed by atoms with E-state index in [0.29, 0.717) is 35.5 Å². The molecule has 0 unspecified atom stereocenters. The maximum Gasteiger partial charge on any atom is 0.219 e. The summed E-state index contributed by atoms with van der Waals surface area (Å²) in [6.45, 7) is 23.8. The van der Waals surface area contributed by atoms with Gasteiger partial charge in [0.25, 0.3) is 0 Å². The predicted octanol–water partition coefficient (Wildman–Crippen LogP) is 18.7. The summed E-state index contributed by atoms with van der Waals surface area (Å²) in [6.07, 6.45) is 3.72. The van der Waals surface area contributed by atoms with E-state index in [-0.39, 0.29) is 22.3 Å². The summed E-state index contributed by atoms with van der Waals surface area (Å²) in [6, 6.07) is 54.2. The largest absolute Gasteiger partial charge is 0.490 e. The van der Waals surface area contributed by atoms with Crippen molar-refractivity contribution in [1.29, 1.82) is 0 Å². The number of anilines is 2. The van der Waals surface area contributed by atoms with Crippen molar-refractivity contribution in [3.63, 3.8) is 0 Å². The van der Waals surface area contributed by atoms with Gasteiger partial charge >= 0.3 is 0 Å². The summed E-state index contributed by atoms with van der Waals surface area (Å²) < 4.78 is 11.2. The number of aromatic nitrogens is 2. The second-order valence-corrected chi connectivity index (χ2v) is 19.1. The summed E-state index contributed by atoms with van der Waals surface area (Å²) in [5.74, 6) is 5.31. The van der Waals surface area contributed by atoms with Crippen molar-refractivity contribution in [2.45, 2.75) is 121 Å². The van der Waals surface area contributed by atoms with E-state index in [0.717, 1.165) is 30.2 Å². The molecule has 8 aromatic rings. The molecule has 6 heteroatoms. The van der Waals surface area contributed by atoms with Crippen LogP contribution in [0, 0.1) is 0 Å². The van der Waals surface area contributed by atoms with Gasteiger partial charge in [-0.3, -0.25) is 4.98 Å².